The van der Waals surface area contributed by atoms with E-state index in [1.165, 1.54) is 0 Å². The quantitative estimate of drug-likeness (QED) is 0.714. The number of hydrogen-bond donors (Lipinski definition) is 3. The predicted molar refractivity (Wildman–Crippen MR) is 82.3 cm³/mol. The standard InChI is InChI=1S/C14H26N4O2S/c1-4-11-6-7-13(10(11)3)18-21(19,20)14-12(8-15-5-2)9-16-17-14/h9-11,13,15,18H,4-8H2,1-3H3,(H,16,17). The molecule has 0 spiro atoms. The van der Waals surface area contributed by atoms with Gasteiger partial charge in [0.15, 0.2) is 5.03 Å². The highest BCUT2D eigenvalue weighted by molar-refractivity contribution is 7.89. The second kappa shape index (κ2) is 6.89. The van der Waals surface area contributed by atoms with Crippen molar-refractivity contribution in [1.29, 1.82) is 0 Å². The molecule has 1 saturated carbocycles. The van der Waals surface area contributed by atoms with E-state index >= 15 is 0 Å². The number of hydrogen-bond acceptors (Lipinski definition) is 4. The molecule has 3 N–H and O–H groups in total. The summed E-state index contributed by atoms with van der Waals surface area (Å²) in [6, 6.07) is 0.0234. The van der Waals surface area contributed by atoms with E-state index < -0.39 is 10.0 Å². The number of aromatic nitrogens is 2. The molecule has 120 valence electrons. The summed E-state index contributed by atoms with van der Waals surface area (Å²) in [6.07, 6.45) is 4.69. The molecular weight excluding hydrogens is 288 g/mol. The SMILES string of the molecule is CCNCc1cn[nH]c1S(=O)(=O)NC1CCC(CC)C1C. The Bertz CT molecular complexity index is 555. The molecule has 1 aliphatic carbocycles. The van der Waals surface area contributed by atoms with Gasteiger partial charge in [0.05, 0.1) is 6.20 Å². The summed E-state index contributed by atoms with van der Waals surface area (Å²) in [5.74, 6) is 0.991. The van der Waals surface area contributed by atoms with Crippen LogP contribution in [0.15, 0.2) is 11.2 Å². The molecular formula is C14H26N4O2S. The minimum atomic E-state index is -3.53. The maximum absolute atomic E-state index is 12.6. The van der Waals surface area contributed by atoms with Crippen molar-refractivity contribution in [2.75, 3.05) is 6.54 Å². The van der Waals surface area contributed by atoms with Crippen molar-refractivity contribution in [3.63, 3.8) is 0 Å². The fourth-order valence-electron chi connectivity index (χ4n) is 3.17. The van der Waals surface area contributed by atoms with E-state index in [4.69, 9.17) is 0 Å². The van der Waals surface area contributed by atoms with Crippen LogP contribution in [0.2, 0.25) is 0 Å². The molecule has 0 aromatic carbocycles. The molecule has 0 saturated heterocycles. The zero-order valence-corrected chi connectivity index (χ0v) is 13.8. The number of rotatable bonds is 7. The van der Waals surface area contributed by atoms with E-state index in [0.717, 1.165) is 25.8 Å². The van der Waals surface area contributed by atoms with Crippen molar-refractivity contribution in [1.82, 2.24) is 20.2 Å². The van der Waals surface area contributed by atoms with Gasteiger partial charge in [-0.1, -0.05) is 27.2 Å². The largest absolute Gasteiger partial charge is 0.313 e. The normalized spacial score (nSPS) is 26.3. The van der Waals surface area contributed by atoms with E-state index in [1.54, 1.807) is 6.20 Å². The number of nitrogens with one attached hydrogen (secondary N) is 3. The van der Waals surface area contributed by atoms with Gasteiger partial charge in [-0.25, -0.2) is 13.1 Å². The lowest BCUT2D eigenvalue weighted by Crippen LogP contribution is -2.38. The molecule has 6 nitrogen and oxygen atoms in total. The van der Waals surface area contributed by atoms with Crippen LogP contribution in [0.3, 0.4) is 0 Å². The first kappa shape index (κ1) is 16.5. The lowest BCUT2D eigenvalue weighted by molar-refractivity contribution is 0.368. The third kappa shape index (κ3) is 3.64. The molecule has 1 fully saturated rings. The average molecular weight is 314 g/mol. The monoisotopic (exact) mass is 314 g/mol. The third-order valence-electron chi connectivity index (χ3n) is 4.57. The Balaban J connectivity index is 2.10. The molecule has 7 heteroatoms. The van der Waals surface area contributed by atoms with Gasteiger partial charge in [0.1, 0.15) is 0 Å². The van der Waals surface area contributed by atoms with Crippen molar-refractivity contribution in [3.8, 4) is 0 Å². The number of H-pyrrole nitrogens is 1. The van der Waals surface area contributed by atoms with Crippen LogP contribution in [0.4, 0.5) is 0 Å². The van der Waals surface area contributed by atoms with E-state index in [2.05, 4.69) is 34.1 Å². The Morgan fingerprint density at radius 1 is 1.38 bits per heavy atom. The summed E-state index contributed by atoms with van der Waals surface area (Å²) >= 11 is 0. The molecule has 0 aliphatic heterocycles. The van der Waals surface area contributed by atoms with Crippen LogP contribution >= 0.6 is 0 Å². The van der Waals surface area contributed by atoms with Crippen molar-refractivity contribution < 1.29 is 8.42 Å². The number of sulfonamides is 1. The van der Waals surface area contributed by atoms with Crippen LogP contribution in [-0.2, 0) is 16.6 Å². The van der Waals surface area contributed by atoms with Gasteiger partial charge >= 0.3 is 0 Å². The van der Waals surface area contributed by atoms with Gasteiger partial charge in [0.2, 0.25) is 0 Å². The topological polar surface area (TPSA) is 86.9 Å². The number of nitrogens with zero attached hydrogens (tertiary/aromatic N) is 1. The van der Waals surface area contributed by atoms with Gasteiger partial charge in [0, 0.05) is 18.2 Å². The zero-order valence-electron chi connectivity index (χ0n) is 13.0. The van der Waals surface area contributed by atoms with Crippen molar-refractivity contribution in [2.45, 2.75) is 57.6 Å². The molecule has 1 aliphatic rings. The fraction of sp³-hybridized carbons (Fsp3) is 0.786. The molecule has 3 atom stereocenters. The molecule has 2 rings (SSSR count). The van der Waals surface area contributed by atoms with E-state index in [1.807, 2.05) is 6.92 Å². The maximum Gasteiger partial charge on any atom is 0.258 e. The van der Waals surface area contributed by atoms with Crippen LogP contribution in [0, 0.1) is 11.8 Å². The van der Waals surface area contributed by atoms with Crippen molar-refractivity contribution in [3.05, 3.63) is 11.8 Å². The van der Waals surface area contributed by atoms with Crippen molar-refractivity contribution in [2.24, 2.45) is 11.8 Å². The molecule has 21 heavy (non-hydrogen) atoms. The second-order valence-corrected chi connectivity index (χ2v) is 7.49. The maximum atomic E-state index is 12.6. The molecule has 1 heterocycles. The summed E-state index contributed by atoms with van der Waals surface area (Å²) in [5, 5.41) is 9.83. The Labute approximate surface area is 127 Å². The van der Waals surface area contributed by atoms with Crippen LogP contribution in [-0.4, -0.2) is 31.2 Å². The fourth-order valence-corrected chi connectivity index (χ4v) is 4.66. The van der Waals surface area contributed by atoms with E-state index in [-0.39, 0.29) is 11.1 Å². The summed E-state index contributed by atoms with van der Waals surface area (Å²) in [5.41, 5.74) is 0.682. The third-order valence-corrected chi connectivity index (χ3v) is 6.07. The van der Waals surface area contributed by atoms with Gasteiger partial charge in [0.25, 0.3) is 10.0 Å². The average Bonchev–Trinajstić information content (AvgIpc) is 3.04. The Hall–Kier alpha value is -0.920. The molecule has 3 unspecified atom stereocenters. The lowest BCUT2D eigenvalue weighted by Gasteiger charge is -2.20. The highest BCUT2D eigenvalue weighted by Gasteiger charge is 2.35. The number of aromatic amines is 1. The van der Waals surface area contributed by atoms with Gasteiger partial charge < -0.3 is 5.32 Å². The van der Waals surface area contributed by atoms with E-state index in [9.17, 15) is 8.42 Å². The Morgan fingerprint density at radius 3 is 2.76 bits per heavy atom. The lowest BCUT2D eigenvalue weighted by atomic mass is 9.94. The molecule has 1 aromatic heterocycles. The summed E-state index contributed by atoms with van der Waals surface area (Å²) in [4.78, 5) is 0. The molecule has 0 bridgehead atoms. The zero-order chi connectivity index (χ0) is 15.5. The first-order chi connectivity index (χ1) is 9.99. The van der Waals surface area contributed by atoms with Crippen molar-refractivity contribution >= 4 is 10.0 Å². The van der Waals surface area contributed by atoms with Gasteiger partial charge in [-0.2, -0.15) is 5.10 Å². The van der Waals surface area contributed by atoms with Gasteiger partial charge in [-0.3, -0.25) is 5.10 Å². The molecule has 0 radical (unpaired) electrons. The Morgan fingerprint density at radius 2 is 2.14 bits per heavy atom. The van der Waals surface area contributed by atoms with Crippen LogP contribution < -0.4 is 10.0 Å². The minimum Gasteiger partial charge on any atom is -0.313 e. The molecule has 1 aromatic rings. The molecule has 0 amide bonds. The van der Waals surface area contributed by atoms with Gasteiger partial charge in [-0.05, 0) is 31.2 Å². The van der Waals surface area contributed by atoms with Crippen LogP contribution in [0.5, 0.6) is 0 Å². The van der Waals surface area contributed by atoms with Crippen LogP contribution in [0.25, 0.3) is 0 Å². The van der Waals surface area contributed by atoms with E-state index in [0.29, 0.717) is 23.9 Å². The first-order valence-electron chi connectivity index (χ1n) is 7.74. The van der Waals surface area contributed by atoms with Crippen LogP contribution in [0.1, 0.15) is 45.6 Å². The summed E-state index contributed by atoms with van der Waals surface area (Å²) < 4.78 is 28.0. The highest BCUT2D eigenvalue weighted by Crippen LogP contribution is 2.34. The summed E-state index contributed by atoms with van der Waals surface area (Å²) in [6.45, 7) is 7.58. The van der Waals surface area contributed by atoms with Gasteiger partial charge in [-0.15, -0.1) is 0 Å². The highest BCUT2D eigenvalue weighted by atomic mass is 32.2. The summed E-state index contributed by atoms with van der Waals surface area (Å²) in [7, 11) is -3.53. The first-order valence-corrected chi connectivity index (χ1v) is 9.23. The second-order valence-electron chi connectivity index (χ2n) is 5.84. The Kier molecular flexibility index (Phi) is 5.40. The minimum absolute atomic E-state index is 0.0234. The predicted octanol–water partition coefficient (Wildman–Crippen LogP) is 1.62. The smallest absolute Gasteiger partial charge is 0.258 e.